The van der Waals surface area contributed by atoms with Gasteiger partial charge in [0.15, 0.2) is 0 Å². The van der Waals surface area contributed by atoms with Crippen LogP contribution in [-0.2, 0) is 27.9 Å². The zero-order valence-electron chi connectivity index (χ0n) is 17.6. The van der Waals surface area contributed by atoms with Gasteiger partial charge in [-0.2, -0.15) is 0 Å². The lowest BCUT2D eigenvalue weighted by molar-refractivity contribution is -0.150. The Bertz CT molecular complexity index is 495. The molecule has 0 heterocycles. The van der Waals surface area contributed by atoms with Crippen LogP contribution in [0.25, 0.3) is 0 Å². The lowest BCUT2D eigenvalue weighted by atomic mass is 9.85. The van der Waals surface area contributed by atoms with Gasteiger partial charge in [-0.3, -0.25) is 14.2 Å². The summed E-state index contributed by atoms with van der Waals surface area (Å²) in [5, 5.41) is 0. The number of ketones is 1. The Balaban J connectivity index is 4.88. The van der Waals surface area contributed by atoms with E-state index in [0.717, 1.165) is 19.3 Å². The molecule has 6 nitrogen and oxygen atoms in total. The first kappa shape index (κ1) is 26.0. The normalized spacial score (nSPS) is 14.3. The highest BCUT2D eigenvalue weighted by Crippen LogP contribution is 2.48. The third-order valence-corrected chi connectivity index (χ3v) is 6.29. The van der Waals surface area contributed by atoms with Crippen molar-refractivity contribution in [3.63, 3.8) is 0 Å². The van der Waals surface area contributed by atoms with Crippen molar-refractivity contribution in [3.8, 4) is 0 Å². The highest BCUT2D eigenvalue weighted by atomic mass is 31.2. The van der Waals surface area contributed by atoms with Gasteiger partial charge in [0, 0.05) is 20.0 Å². The molecule has 1 unspecified atom stereocenters. The second-order valence-electron chi connectivity index (χ2n) is 6.79. The minimum Gasteiger partial charge on any atom is -0.468 e. The number of Topliss-reactive ketones (excluding diaryl/α,β-unsaturated/α-hetero) is 1. The molecule has 0 bridgehead atoms. The number of unbranched alkanes of at least 4 members (excludes halogenated alkanes) is 7. The van der Waals surface area contributed by atoms with E-state index in [9.17, 15) is 14.2 Å². The topological polar surface area (TPSA) is 78.9 Å². The zero-order valence-corrected chi connectivity index (χ0v) is 18.5. The van der Waals surface area contributed by atoms with Crippen LogP contribution in [0, 0.1) is 11.8 Å². The van der Waals surface area contributed by atoms with E-state index in [2.05, 4.69) is 6.92 Å². The van der Waals surface area contributed by atoms with Gasteiger partial charge in [0.2, 0.25) is 0 Å². The van der Waals surface area contributed by atoms with Crippen molar-refractivity contribution < 1.29 is 27.9 Å². The van der Waals surface area contributed by atoms with E-state index in [4.69, 9.17) is 13.8 Å². The predicted octanol–water partition coefficient (Wildman–Crippen LogP) is 5.51. The quantitative estimate of drug-likeness (QED) is 0.146. The number of esters is 1. The first-order chi connectivity index (χ1) is 12.8. The first-order valence-electron chi connectivity index (χ1n) is 9.84. The van der Waals surface area contributed by atoms with Crippen molar-refractivity contribution in [1.29, 1.82) is 0 Å². The Kier molecular flexibility index (Phi) is 14.5. The second-order valence-corrected chi connectivity index (χ2v) is 8.89. The molecule has 0 aliphatic carbocycles. The maximum absolute atomic E-state index is 12.3. The molecule has 0 spiro atoms. The third kappa shape index (κ3) is 10.8. The van der Waals surface area contributed by atoms with Gasteiger partial charge >= 0.3 is 13.6 Å². The molecule has 0 N–H and O–H groups in total. The van der Waals surface area contributed by atoms with Gasteiger partial charge < -0.3 is 13.8 Å². The van der Waals surface area contributed by atoms with Gasteiger partial charge in [0.1, 0.15) is 11.7 Å². The molecule has 0 saturated carbocycles. The zero-order chi connectivity index (χ0) is 20.7. The Morgan fingerprint density at radius 3 is 1.89 bits per heavy atom. The summed E-state index contributed by atoms with van der Waals surface area (Å²) in [7, 11) is 0.513. The number of hydrogen-bond acceptors (Lipinski definition) is 6. The van der Waals surface area contributed by atoms with Crippen LogP contribution in [0.3, 0.4) is 0 Å². The van der Waals surface area contributed by atoms with E-state index < -0.39 is 25.4 Å². The van der Waals surface area contributed by atoms with Crippen molar-refractivity contribution in [2.24, 2.45) is 11.8 Å². The Morgan fingerprint density at radius 2 is 1.44 bits per heavy atom. The average molecular weight is 404 g/mol. The standard InChI is InChI=1S/C20H37O6P/c1-6-7-8-9-10-11-12-13-14-18(15-16-27(23,25-4)26-5)19(17(2)21)20(22)24-3/h15-16,18-19H,6-14H2,1-5H3/b16-15+/t18-,19?/m1/s1. The van der Waals surface area contributed by atoms with Gasteiger partial charge in [0.05, 0.1) is 7.11 Å². The Labute approximate surface area is 164 Å². The Hall–Kier alpha value is -0.970. The number of hydrogen-bond donors (Lipinski definition) is 0. The van der Waals surface area contributed by atoms with Crippen LogP contribution in [0.5, 0.6) is 0 Å². The molecule has 0 aliphatic heterocycles. The molecule has 158 valence electrons. The number of allylic oxidation sites excluding steroid dienone is 1. The highest BCUT2D eigenvalue weighted by Gasteiger charge is 2.32. The smallest absolute Gasteiger partial charge is 0.353 e. The predicted molar refractivity (Wildman–Crippen MR) is 108 cm³/mol. The fourth-order valence-corrected chi connectivity index (χ4v) is 3.89. The summed E-state index contributed by atoms with van der Waals surface area (Å²) in [5.41, 5.74) is 0. The average Bonchev–Trinajstić information content (AvgIpc) is 2.66. The van der Waals surface area contributed by atoms with Crippen LogP contribution >= 0.6 is 7.60 Å². The van der Waals surface area contributed by atoms with E-state index in [1.54, 1.807) is 6.08 Å². The molecule has 0 radical (unpaired) electrons. The fourth-order valence-electron chi connectivity index (χ4n) is 3.07. The monoisotopic (exact) mass is 404 g/mol. The first-order valence-corrected chi connectivity index (χ1v) is 11.4. The van der Waals surface area contributed by atoms with Gasteiger partial charge in [-0.1, -0.05) is 64.4 Å². The minimum absolute atomic E-state index is 0.263. The van der Waals surface area contributed by atoms with E-state index in [0.29, 0.717) is 6.42 Å². The van der Waals surface area contributed by atoms with Crippen molar-refractivity contribution in [3.05, 3.63) is 11.9 Å². The van der Waals surface area contributed by atoms with Crippen LogP contribution in [0.1, 0.15) is 71.6 Å². The molecule has 0 amide bonds. The molecule has 0 aliphatic rings. The van der Waals surface area contributed by atoms with Gasteiger partial charge in [-0.05, 0) is 19.3 Å². The van der Waals surface area contributed by atoms with Gasteiger partial charge in [0.25, 0.3) is 0 Å². The second kappa shape index (κ2) is 15.0. The summed E-state index contributed by atoms with van der Waals surface area (Å²) in [4.78, 5) is 24.1. The molecule has 0 saturated heterocycles. The molecule has 0 aromatic rings. The lowest BCUT2D eigenvalue weighted by Crippen LogP contribution is -2.30. The summed E-state index contributed by atoms with van der Waals surface area (Å²) in [5.74, 6) is -0.796. The Morgan fingerprint density at radius 1 is 0.926 bits per heavy atom. The van der Waals surface area contributed by atoms with Crippen LogP contribution < -0.4 is 0 Å². The maximum Gasteiger partial charge on any atom is 0.353 e. The van der Waals surface area contributed by atoms with Crippen LogP contribution in [0.4, 0.5) is 0 Å². The lowest BCUT2D eigenvalue weighted by Gasteiger charge is -2.21. The molecule has 0 aromatic heterocycles. The number of carbonyl (C=O) groups is 2. The molecule has 0 aromatic carbocycles. The summed E-state index contributed by atoms with van der Waals surface area (Å²) < 4.78 is 26.9. The molecule has 7 heteroatoms. The number of rotatable bonds is 16. The van der Waals surface area contributed by atoms with Crippen LogP contribution in [-0.4, -0.2) is 33.1 Å². The fraction of sp³-hybridized carbons (Fsp3) is 0.800. The van der Waals surface area contributed by atoms with Crippen LogP contribution in [0.2, 0.25) is 0 Å². The SMILES string of the molecule is CCCCCCCCCC[C@H](/C=C/P(=O)(OC)OC)C(C(C)=O)C(=O)OC. The van der Waals surface area contributed by atoms with E-state index in [1.165, 1.54) is 66.2 Å². The number of carbonyl (C=O) groups excluding carboxylic acids is 2. The van der Waals surface area contributed by atoms with Crippen molar-refractivity contribution in [2.75, 3.05) is 21.3 Å². The van der Waals surface area contributed by atoms with Crippen molar-refractivity contribution in [1.82, 2.24) is 0 Å². The van der Waals surface area contributed by atoms with Gasteiger partial charge in [-0.15, -0.1) is 0 Å². The van der Waals surface area contributed by atoms with Crippen molar-refractivity contribution in [2.45, 2.75) is 71.6 Å². The summed E-state index contributed by atoms with van der Waals surface area (Å²) >= 11 is 0. The van der Waals surface area contributed by atoms with Crippen molar-refractivity contribution >= 4 is 19.3 Å². The number of ether oxygens (including phenoxy) is 1. The molecular weight excluding hydrogens is 367 g/mol. The third-order valence-electron chi connectivity index (χ3n) is 4.74. The minimum atomic E-state index is -3.35. The summed E-state index contributed by atoms with van der Waals surface area (Å²) in [6.45, 7) is 3.58. The van der Waals surface area contributed by atoms with E-state index in [1.807, 2.05) is 0 Å². The van der Waals surface area contributed by atoms with E-state index >= 15 is 0 Å². The molecule has 0 rings (SSSR count). The largest absolute Gasteiger partial charge is 0.468 e. The molecular formula is C20H37O6P. The summed E-state index contributed by atoms with van der Waals surface area (Å²) in [6.07, 6.45) is 11.6. The molecule has 27 heavy (non-hydrogen) atoms. The number of methoxy groups -OCH3 is 1. The van der Waals surface area contributed by atoms with Crippen LogP contribution in [0.15, 0.2) is 11.9 Å². The summed E-state index contributed by atoms with van der Waals surface area (Å²) in [6, 6.07) is 0. The molecule has 0 fully saturated rings. The maximum atomic E-state index is 12.3. The van der Waals surface area contributed by atoms with Gasteiger partial charge in [-0.25, -0.2) is 0 Å². The molecule has 2 atom stereocenters. The highest BCUT2D eigenvalue weighted by molar-refractivity contribution is 7.57. The van der Waals surface area contributed by atoms with E-state index in [-0.39, 0.29) is 5.78 Å².